The van der Waals surface area contributed by atoms with Crippen molar-refractivity contribution >= 4 is 31.5 Å². The van der Waals surface area contributed by atoms with Crippen LogP contribution in [0.4, 0.5) is 5.69 Å². The van der Waals surface area contributed by atoms with Gasteiger partial charge in [-0.25, -0.2) is 21.6 Å². The molecule has 136 valence electrons. The molecular formula is C14H17N3O6S2. The van der Waals surface area contributed by atoms with Gasteiger partial charge in [0.1, 0.15) is 4.90 Å². The summed E-state index contributed by atoms with van der Waals surface area (Å²) < 4.78 is 56.5. The van der Waals surface area contributed by atoms with Crippen LogP contribution < -0.4 is 4.72 Å². The van der Waals surface area contributed by atoms with E-state index in [1.54, 1.807) is 6.92 Å². The van der Waals surface area contributed by atoms with Crippen LogP contribution >= 0.6 is 0 Å². The molecule has 0 radical (unpaired) electrons. The summed E-state index contributed by atoms with van der Waals surface area (Å²) in [5.74, 6) is -0.868. The number of esters is 1. The van der Waals surface area contributed by atoms with Gasteiger partial charge in [-0.15, -0.1) is 0 Å². The van der Waals surface area contributed by atoms with Gasteiger partial charge in [-0.1, -0.05) is 0 Å². The van der Waals surface area contributed by atoms with Gasteiger partial charge in [0.2, 0.25) is 0 Å². The highest BCUT2D eigenvalue weighted by molar-refractivity contribution is 7.92. The van der Waals surface area contributed by atoms with Gasteiger partial charge >= 0.3 is 5.97 Å². The summed E-state index contributed by atoms with van der Waals surface area (Å²) in [5.41, 5.74) is -0.305. The van der Waals surface area contributed by atoms with Gasteiger partial charge < -0.3 is 4.74 Å². The summed E-state index contributed by atoms with van der Waals surface area (Å²) in [6, 6.07) is 3.47. The highest BCUT2D eigenvalue weighted by Gasteiger charge is 2.22. The molecule has 1 aromatic heterocycles. The molecule has 11 heteroatoms. The molecule has 0 unspecified atom stereocenters. The van der Waals surface area contributed by atoms with Crippen molar-refractivity contribution in [1.29, 1.82) is 0 Å². The number of nitrogens with one attached hydrogen (secondary N) is 1. The molecule has 2 rings (SSSR count). The van der Waals surface area contributed by atoms with Crippen LogP contribution in [0.15, 0.2) is 40.4 Å². The van der Waals surface area contributed by atoms with Crippen molar-refractivity contribution < 1.29 is 26.4 Å². The number of anilines is 1. The Hall–Kier alpha value is -2.40. The Morgan fingerprint density at radius 3 is 2.44 bits per heavy atom. The van der Waals surface area contributed by atoms with Crippen LogP contribution in [0.25, 0.3) is 0 Å². The molecule has 9 nitrogen and oxygen atoms in total. The lowest BCUT2D eigenvalue weighted by Crippen LogP contribution is -2.16. The lowest BCUT2D eigenvalue weighted by molar-refractivity contribution is 0.0601. The van der Waals surface area contributed by atoms with Crippen LogP contribution in [-0.4, -0.2) is 46.0 Å². The van der Waals surface area contributed by atoms with E-state index < -0.39 is 25.8 Å². The van der Waals surface area contributed by atoms with E-state index >= 15 is 0 Å². The second kappa shape index (κ2) is 6.84. The van der Waals surface area contributed by atoms with Crippen LogP contribution in [0.2, 0.25) is 0 Å². The van der Waals surface area contributed by atoms with Crippen molar-refractivity contribution in [3.05, 3.63) is 36.2 Å². The number of benzene rings is 1. The van der Waals surface area contributed by atoms with Crippen LogP contribution in [0, 0.1) is 0 Å². The number of aryl methyl sites for hydroxylation is 1. The fraction of sp³-hybridized carbons (Fsp3) is 0.286. The quantitative estimate of drug-likeness (QED) is 0.730. The third kappa shape index (κ3) is 4.17. The maximum atomic E-state index is 12.4. The van der Waals surface area contributed by atoms with Gasteiger partial charge in [0.25, 0.3) is 10.0 Å². The number of sulfonamides is 1. The minimum absolute atomic E-state index is 0.0858. The number of hydrogen-bond acceptors (Lipinski definition) is 7. The van der Waals surface area contributed by atoms with Crippen LogP contribution in [0.5, 0.6) is 0 Å². The Labute approximate surface area is 145 Å². The number of aromatic nitrogens is 2. The average Bonchev–Trinajstić information content (AvgIpc) is 3.03. The zero-order valence-electron chi connectivity index (χ0n) is 13.8. The summed E-state index contributed by atoms with van der Waals surface area (Å²) in [5, 5.41) is 3.89. The molecule has 0 saturated carbocycles. The zero-order valence-corrected chi connectivity index (χ0v) is 15.4. The van der Waals surface area contributed by atoms with Crippen molar-refractivity contribution in [3.63, 3.8) is 0 Å². The van der Waals surface area contributed by atoms with Crippen molar-refractivity contribution in [2.45, 2.75) is 23.3 Å². The molecule has 0 amide bonds. The lowest BCUT2D eigenvalue weighted by atomic mass is 10.2. The van der Waals surface area contributed by atoms with E-state index in [0.29, 0.717) is 6.54 Å². The van der Waals surface area contributed by atoms with E-state index in [4.69, 9.17) is 0 Å². The summed E-state index contributed by atoms with van der Waals surface area (Å²) in [4.78, 5) is 11.7. The Morgan fingerprint density at radius 1 is 1.24 bits per heavy atom. The second-order valence-corrected chi connectivity index (χ2v) is 8.81. The van der Waals surface area contributed by atoms with Crippen molar-refractivity contribution in [1.82, 2.24) is 9.78 Å². The number of methoxy groups -OCH3 is 1. The third-order valence-corrected chi connectivity index (χ3v) is 5.74. The first-order valence-corrected chi connectivity index (χ1v) is 10.4. The van der Waals surface area contributed by atoms with Crippen molar-refractivity contribution in [2.75, 3.05) is 18.1 Å². The largest absolute Gasteiger partial charge is 0.465 e. The number of carbonyl (C=O) groups is 1. The number of rotatable bonds is 6. The van der Waals surface area contributed by atoms with Crippen LogP contribution in [-0.2, 0) is 31.1 Å². The molecule has 0 aliphatic heterocycles. The molecule has 1 aromatic carbocycles. The molecule has 25 heavy (non-hydrogen) atoms. The van der Waals surface area contributed by atoms with E-state index in [1.165, 1.54) is 29.2 Å². The summed E-state index contributed by atoms with van der Waals surface area (Å²) in [6.45, 7) is 2.29. The Kier molecular flexibility index (Phi) is 5.18. The minimum atomic E-state index is -4.01. The standard InChI is InChI=1S/C14H17N3O6S2/c1-4-17-9-11(8-15-17)25(21,22)16-13-6-5-10(24(3,19)20)7-12(13)14(18)23-2/h5-9,16H,4H2,1-3H3. The zero-order chi connectivity index (χ0) is 18.8. The number of ether oxygens (including phenoxy) is 1. The monoisotopic (exact) mass is 387 g/mol. The number of nitrogens with zero attached hydrogens (tertiary/aromatic N) is 2. The van der Waals surface area contributed by atoms with Gasteiger partial charge in [0, 0.05) is 19.0 Å². The first-order chi connectivity index (χ1) is 11.6. The first kappa shape index (κ1) is 18.9. The van der Waals surface area contributed by atoms with Crippen molar-refractivity contribution in [3.8, 4) is 0 Å². The molecule has 0 fully saturated rings. The van der Waals surface area contributed by atoms with Gasteiger partial charge in [0.15, 0.2) is 9.84 Å². The molecule has 0 bridgehead atoms. The van der Waals surface area contributed by atoms with Gasteiger partial charge in [-0.3, -0.25) is 9.40 Å². The summed E-state index contributed by atoms with van der Waals surface area (Å²) >= 11 is 0. The van der Waals surface area contributed by atoms with E-state index in [9.17, 15) is 21.6 Å². The topological polar surface area (TPSA) is 124 Å². The Balaban J connectivity index is 2.49. The van der Waals surface area contributed by atoms with Gasteiger partial charge in [-0.2, -0.15) is 5.10 Å². The lowest BCUT2D eigenvalue weighted by Gasteiger charge is -2.12. The number of hydrogen-bond donors (Lipinski definition) is 1. The summed E-state index contributed by atoms with van der Waals surface area (Å²) in [7, 11) is -6.47. The van der Waals surface area contributed by atoms with E-state index in [1.807, 2.05) is 0 Å². The molecular weight excluding hydrogens is 370 g/mol. The minimum Gasteiger partial charge on any atom is -0.465 e. The molecule has 0 atom stereocenters. The third-order valence-electron chi connectivity index (χ3n) is 3.31. The molecule has 0 saturated heterocycles. The average molecular weight is 387 g/mol. The number of sulfone groups is 1. The van der Waals surface area contributed by atoms with E-state index in [0.717, 1.165) is 19.4 Å². The SMILES string of the molecule is CCn1cc(S(=O)(=O)Nc2ccc(S(C)(=O)=O)cc2C(=O)OC)cn1. The Morgan fingerprint density at radius 2 is 1.92 bits per heavy atom. The fourth-order valence-electron chi connectivity index (χ4n) is 1.98. The second-order valence-electron chi connectivity index (χ2n) is 5.11. The highest BCUT2D eigenvalue weighted by Crippen LogP contribution is 2.24. The van der Waals surface area contributed by atoms with E-state index in [2.05, 4.69) is 14.6 Å². The predicted octanol–water partition coefficient (Wildman–Crippen LogP) is 0.894. The molecule has 1 heterocycles. The normalized spacial score (nSPS) is 12.0. The molecule has 0 aliphatic carbocycles. The molecule has 1 N–H and O–H groups in total. The van der Waals surface area contributed by atoms with Crippen molar-refractivity contribution in [2.24, 2.45) is 0 Å². The molecule has 2 aromatic rings. The highest BCUT2D eigenvalue weighted by atomic mass is 32.2. The number of carbonyl (C=O) groups excluding carboxylic acids is 1. The van der Waals surface area contributed by atoms with Crippen LogP contribution in [0.3, 0.4) is 0 Å². The maximum absolute atomic E-state index is 12.4. The van der Waals surface area contributed by atoms with Crippen LogP contribution in [0.1, 0.15) is 17.3 Å². The smallest absolute Gasteiger partial charge is 0.340 e. The summed E-state index contributed by atoms with van der Waals surface area (Å²) in [6.07, 6.45) is 3.49. The van der Waals surface area contributed by atoms with E-state index in [-0.39, 0.29) is 21.0 Å². The predicted molar refractivity (Wildman–Crippen MR) is 89.6 cm³/mol. The fourth-order valence-corrected chi connectivity index (χ4v) is 3.66. The Bertz CT molecular complexity index is 1010. The molecule has 0 spiro atoms. The molecule has 0 aliphatic rings. The van der Waals surface area contributed by atoms with Gasteiger partial charge in [-0.05, 0) is 25.1 Å². The first-order valence-electron chi connectivity index (χ1n) is 7.06. The maximum Gasteiger partial charge on any atom is 0.340 e. The van der Waals surface area contributed by atoms with Gasteiger partial charge in [0.05, 0.1) is 29.5 Å².